The molecule has 1 amide bonds. The Labute approximate surface area is 129 Å². The van der Waals surface area contributed by atoms with Crippen LogP contribution in [-0.2, 0) is 24.3 Å². The standard InChI is InChI=1S/C17H20N2OS/c1-12-7-8-21-16(12)11-19(2)17(20)15-9-13-5-3-4-6-14(13)10-18-15/h3-8,15,18H,9-11H2,1-2H3/t15-/m1/s1. The van der Waals surface area contributed by atoms with E-state index in [1.165, 1.54) is 21.6 Å². The molecule has 1 aliphatic heterocycles. The quantitative estimate of drug-likeness (QED) is 0.945. The van der Waals surface area contributed by atoms with E-state index in [2.05, 4.69) is 35.8 Å². The van der Waals surface area contributed by atoms with Gasteiger partial charge >= 0.3 is 0 Å². The number of hydrogen-bond donors (Lipinski definition) is 1. The number of hydrogen-bond acceptors (Lipinski definition) is 3. The summed E-state index contributed by atoms with van der Waals surface area (Å²) in [6.07, 6.45) is 0.781. The van der Waals surface area contributed by atoms with Crippen molar-refractivity contribution in [3.63, 3.8) is 0 Å². The lowest BCUT2D eigenvalue weighted by Crippen LogP contribution is -2.47. The highest BCUT2D eigenvalue weighted by Gasteiger charge is 2.26. The van der Waals surface area contributed by atoms with Gasteiger partial charge in [-0.15, -0.1) is 11.3 Å². The molecule has 0 saturated heterocycles. The van der Waals surface area contributed by atoms with Gasteiger partial charge in [-0.1, -0.05) is 24.3 Å². The summed E-state index contributed by atoms with van der Waals surface area (Å²) in [4.78, 5) is 15.7. The Balaban J connectivity index is 1.67. The van der Waals surface area contributed by atoms with Crippen molar-refractivity contribution in [1.29, 1.82) is 0 Å². The molecule has 0 unspecified atom stereocenters. The van der Waals surface area contributed by atoms with E-state index in [1.807, 2.05) is 24.1 Å². The Bertz CT molecular complexity index is 650. The minimum absolute atomic E-state index is 0.106. The Morgan fingerprint density at radius 3 is 2.81 bits per heavy atom. The molecule has 1 atom stereocenters. The van der Waals surface area contributed by atoms with Crippen LogP contribution in [0.3, 0.4) is 0 Å². The molecule has 1 N–H and O–H groups in total. The first-order valence-electron chi connectivity index (χ1n) is 7.23. The lowest BCUT2D eigenvalue weighted by Gasteiger charge is -2.29. The molecule has 3 rings (SSSR count). The van der Waals surface area contributed by atoms with Gasteiger partial charge in [0.15, 0.2) is 0 Å². The number of rotatable bonds is 3. The zero-order valence-electron chi connectivity index (χ0n) is 12.4. The average molecular weight is 300 g/mol. The van der Waals surface area contributed by atoms with Gasteiger partial charge in [0.2, 0.25) is 5.91 Å². The molecule has 0 radical (unpaired) electrons. The van der Waals surface area contributed by atoms with Crippen LogP contribution in [0.5, 0.6) is 0 Å². The first-order chi connectivity index (χ1) is 10.1. The number of carbonyl (C=O) groups is 1. The molecule has 1 aromatic heterocycles. The molecule has 0 aliphatic carbocycles. The monoisotopic (exact) mass is 300 g/mol. The molecule has 0 bridgehead atoms. The van der Waals surface area contributed by atoms with E-state index in [0.717, 1.165) is 13.0 Å². The van der Waals surface area contributed by atoms with Gasteiger partial charge < -0.3 is 10.2 Å². The van der Waals surface area contributed by atoms with Crippen LogP contribution < -0.4 is 5.32 Å². The normalized spacial score (nSPS) is 17.3. The summed E-state index contributed by atoms with van der Waals surface area (Å²) >= 11 is 1.72. The number of thiophene rings is 1. The molecule has 2 aromatic rings. The highest BCUT2D eigenvalue weighted by molar-refractivity contribution is 7.10. The van der Waals surface area contributed by atoms with Crippen molar-refractivity contribution in [3.8, 4) is 0 Å². The first-order valence-corrected chi connectivity index (χ1v) is 8.11. The third-order valence-corrected chi connectivity index (χ3v) is 5.11. The van der Waals surface area contributed by atoms with Crippen LogP contribution in [0.25, 0.3) is 0 Å². The van der Waals surface area contributed by atoms with E-state index in [9.17, 15) is 4.79 Å². The molecule has 1 aromatic carbocycles. The van der Waals surface area contributed by atoms with Crippen molar-refractivity contribution in [1.82, 2.24) is 10.2 Å². The van der Waals surface area contributed by atoms with Crippen LogP contribution >= 0.6 is 11.3 Å². The van der Waals surface area contributed by atoms with Crippen molar-refractivity contribution >= 4 is 17.2 Å². The fourth-order valence-corrected chi connectivity index (χ4v) is 3.71. The zero-order valence-corrected chi connectivity index (χ0v) is 13.2. The molecule has 21 heavy (non-hydrogen) atoms. The molecule has 110 valence electrons. The predicted octanol–water partition coefficient (Wildman–Crippen LogP) is 2.73. The summed E-state index contributed by atoms with van der Waals surface area (Å²) < 4.78 is 0. The van der Waals surface area contributed by atoms with E-state index >= 15 is 0 Å². The number of benzene rings is 1. The molecule has 2 heterocycles. The highest BCUT2D eigenvalue weighted by atomic mass is 32.1. The lowest BCUT2D eigenvalue weighted by atomic mass is 9.95. The van der Waals surface area contributed by atoms with Gasteiger partial charge in [0, 0.05) is 18.5 Å². The number of nitrogens with zero attached hydrogens (tertiary/aromatic N) is 1. The van der Waals surface area contributed by atoms with Crippen molar-refractivity contribution < 1.29 is 4.79 Å². The van der Waals surface area contributed by atoms with E-state index in [-0.39, 0.29) is 11.9 Å². The van der Waals surface area contributed by atoms with Crippen molar-refractivity contribution in [2.75, 3.05) is 7.05 Å². The number of likely N-dealkylation sites (N-methyl/N-ethyl adjacent to an activating group) is 1. The van der Waals surface area contributed by atoms with Gasteiger partial charge in [-0.25, -0.2) is 0 Å². The Kier molecular flexibility index (Phi) is 4.08. The summed E-state index contributed by atoms with van der Waals surface area (Å²) in [5.41, 5.74) is 3.86. The summed E-state index contributed by atoms with van der Waals surface area (Å²) in [6, 6.07) is 10.3. The lowest BCUT2D eigenvalue weighted by molar-refractivity contribution is -0.132. The van der Waals surface area contributed by atoms with Gasteiger partial charge in [0.25, 0.3) is 0 Å². The molecule has 0 saturated carbocycles. The molecule has 1 aliphatic rings. The van der Waals surface area contributed by atoms with E-state index in [1.54, 1.807) is 11.3 Å². The average Bonchev–Trinajstić information content (AvgIpc) is 2.91. The van der Waals surface area contributed by atoms with E-state index in [4.69, 9.17) is 0 Å². The number of amides is 1. The fourth-order valence-electron chi connectivity index (χ4n) is 2.75. The second-order valence-electron chi connectivity index (χ2n) is 5.63. The molecular weight excluding hydrogens is 280 g/mol. The van der Waals surface area contributed by atoms with Gasteiger partial charge in [-0.3, -0.25) is 4.79 Å². The van der Waals surface area contributed by atoms with Crippen LogP contribution in [0.2, 0.25) is 0 Å². The van der Waals surface area contributed by atoms with Crippen LogP contribution in [0.15, 0.2) is 35.7 Å². The fraction of sp³-hybridized carbons (Fsp3) is 0.353. The first kappa shape index (κ1) is 14.3. The molecule has 0 fully saturated rings. The summed E-state index contributed by atoms with van der Waals surface area (Å²) in [7, 11) is 1.89. The number of aryl methyl sites for hydroxylation is 1. The molecule has 0 spiro atoms. The summed E-state index contributed by atoms with van der Waals surface area (Å²) in [5, 5.41) is 5.44. The topological polar surface area (TPSA) is 32.3 Å². The van der Waals surface area contributed by atoms with Crippen molar-refractivity contribution in [3.05, 3.63) is 57.3 Å². The van der Waals surface area contributed by atoms with Crippen LogP contribution in [0.4, 0.5) is 0 Å². The van der Waals surface area contributed by atoms with Crippen LogP contribution in [0.1, 0.15) is 21.6 Å². The van der Waals surface area contributed by atoms with Crippen LogP contribution in [0, 0.1) is 6.92 Å². The summed E-state index contributed by atoms with van der Waals surface area (Å²) in [5.74, 6) is 0.178. The third kappa shape index (κ3) is 3.01. The van der Waals surface area contributed by atoms with Crippen LogP contribution in [-0.4, -0.2) is 23.9 Å². The number of carbonyl (C=O) groups excluding carboxylic acids is 1. The maximum Gasteiger partial charge on any atom is 0.240 e. The van der Waals surface area contributed by atoms with E-state index in [0.29, 0.717) is 6.54 Å². The van der Waals surface area contributed by atoms with E-state index < -0.39 is 0 Å². The van der Waals surface area contributed by atoms with Gasteiger partial charge in [-0.2, -0.15) is 0 Å². The second kappa shape index (κ2) is 6.00. The second-order valence-corrected chi connectivity index (χ2v) is 6.63. The maximum absolute atomic E-state index is 12.6. The predicted molar refractivity (Wildman–Crippen MR) is 86.3 cm³/mol. The number of nitrogens with one attached hydrogen (secondary N) is 1. The largest absolute Gasteiger partial charge is 0.339 e. The van der Waals surface area contributed by atoms with Gasteiger partial charge in [-0.05, 0) is 41.5 Å². The molecule has 3 nitrogen and oxygen atoms in total. The third-order valence-electron chi connectivity index (χ3n) is 4.10. The Hall–Kier alpha value is -1.65. The van der Waals surface area contributed by atoms with Crippen molar-refractivity contribution in [2.45, 2.75) is 32.5 Å². The van der Waals surface area contributed by atoms with Gasteiger partial charge in [0.05, 0.1) is 12.6 Å². The maximum atomic E-state index is 12.6. The Morgan fingerprint density at radius 1 is 1.33 bits per heavy atom. The van der Waals surface area contributed by atoms with Gasteiger partial charge in [0.1, 0.15) is 0 Å². The Morgan fingerprint density at radius 2 is 2.10 bits per heavy atom. The molecule has 4 heteroatoms. The minimum atomic E-state index is -0.106. The zero-order chi connectivity index (χ0) is 14.8. The number of fused-ring (bicyclic) bond motifs is 1. The SMILES string of the molecule is Cc1ccsc1CN(C)C(=O)[C@H]1Cc2ccccc2CN1. The van der Waals surface area contributed by atoms with Crippen molar-refractivity contribution in [2.24, 2.45) is 0 Å². The highest BCUT2D eigenvalue weighted by Crippen LogP contribution is 2.20. The molecular formula is C17H20N2OS. The minimum Gasteiger partial charge on any atom is -0.339 e. The smallest absolute Gasteiger partial charge is 0.240 e. The summed E-state index contributed by atoms with van der Waals surface area (Å²) in [6.45, 7) is 3.57.